The van der Waals surface area contributed by atoms with Crippen LogP contribution < -0.4 is 9.64 Å². The standard InChI is InChI=1S/C23H20ClNO4S/c1-25(19-5-3-2-4-18(19)24)23(28)21-12-15-8-9-29-20-11-14(10-16(27)13-26)6-7-17(20)22(15)30-21/h2-7,11-12,26H,8-10,13H2,1H3. The zero-order valence-corrected chi connectivity index (χ0v) is 17.9. The maximum Gasteiger partial charge on any atom is 0.268 e. The Bertz CT molecular complexity index is 1120. The van der Waals surface area contributed by atoms with Crippen molar-refractivity contribution in [1.29, 1.82) is 0 Å². The Hall–Kier alpha value is -2.67. The molecule has 0 saturated carbocycles. The first kappa shape index (κ1) is 20.6. The fourth-order valence-corrected chi connectivity index (χ4v) is 4.96. The number of thiophene rings is 1. The number of nitrogens with zero attached hydrogens (tertiary/aromatic N) is 1. The average Bonchev–Trinajstić information content (AvgIpc) is 3.09. The molecule has 0 spiro atoms. The summed E-state index contributed by atoms with van der Waals surface area (Å²) in [7, 11) is 1.72. The quantitative estimate of drug-likeness (QED) is 0.637. The van der Waals surface area contributed by atoms with Gasteiger partial charge in [0.1, 0.15) is 12.4 Å². The largest absolute Gasteiger partial charge is 0.493 e. The molecule has 0 aliphatic carbocycles. The molecule has 2 heterocycles. The van der Waals surface area contributed by atoms with E-state index >= 15 is 0 Å². The minimum Gasteiger partial charge on any atom is -0.493 e. The lowest BCUT2D eigenvalue weighted by Gasteiger charge is -2.17. The number of Topliss-reactive ketones (excluding diaryl/α,β-unsaturated/α-hetero) is 1. The maximum absolute atomic E-state index is 13.1. The molecule has 1 amide bonds. The molecule has 1 aliphatic rings. The fraction of sp³-hybridized carbons (Fsp3) is 0.217. The number of hydrogen-bond donors (Lipinski definition) is 1. The van der Waals surface area contributed by atoms with Crippen LogP contribution in [0.15, 0.2) is 48.5 Å². The van der Waals surface area contributed by atoms with Crippen molar-refractivity contribution in [3.05, 3.63) is 69.6 Å². The summed E-state index contributed by atoms with van der Waals surface area (Å²) >= 11 is 7.69. The second-order valence-electron chi connectivity index (χ2n) is 7.08. The molecule has 4 rings (SSSR count). The third-order valence-corrected chi connectivity index (χ3v) is 6.55. The number of hydrogen-bond acceptors (Lipinski definition) is 5. The van der Waals surface area contributed by atoms with Crippen LogP contribution in [0.1, 0.15) is 20.8 Å². The van der Waals surface area contributed by atoms with Crippen molar-refractivity contribution in [2.75, 3.05) is 25.2 Å². The van der Waals surface area contributed by atoms with Crippen LogP contribution in [0, 0.1) is 0 Å². The summed E-state index contributed by atoms with van der Waals surface area (Å²) in [6.07, 6.45) is 0.852. The molecule has 3 aromatic rings. The highest BCUT2D eigenvalue weighted by atomic mass is 35.5. The Morgan fingerprint density at radius 1 is 1.20 bits per heavy atom. The number of ether oxygens (including phenoxy) is 1. The van der Waals surface area contributed by atoms with Crippen molar-refractivity contribution in [3.63, 3.8) is 0 Å². The number of benzene rings is 2. The normalized spacial score (nSPS) is 12.4. The van der Waals surface area contributed by atoms with Crippen molar-refractivity contribution >= 4 is 40.3 Å². The number of carbonyl (C=O) groups is 2. The smallest absolute Gasteiger partial charge is 0.268 e. The molecule has 0 unspecified atom stereocenters. The van der Waals surface area contributed by atoms with E-state index in [2.05, 4.69) is 0 Å². The van der Waals surface area contributed by atoms with Gasteiger partial charge in [-0.1, -0.05) is 29.8 Å². The Kier molecular flexibility index (Phi) is 5.90. The van der Waals surface area contributed by atoms with Crippen LogP contribution in [-0.2, 0) is 17.6 Å². The zero-order chi connectivity index (χ0) is 21.3. The number of ketones is 1. The summed E-state index contributed by atoms with van der Waals surface area (Å²) in [4.78, 5) is 27.9. The molecule has 1 N–H and O–H groups in total. The molecule has 7 heteroatoms. The molecule has 0 radical (unpaired) electrons. The second kappa shape index (κ2) is 8.60. The number of amides is 1. The highest BCUT2D eigenvalue weighted by Crippen LogP contribution is 2.42. The van der Waals surface area contributed by atoms with Gasteiger partial charge in [0, 0.05) is 30.3 Å². The number of anilines is 1. The van der Waals surface area contributed by atoms with Gasteiger partial charge in [-0.25, -0.2) is 0 Å². The number of halogens is 1. The Balaban J connectivity index is 1.66. The molecule has 1 aromatic heterocycles. The predicted octanol–water partition coefficient (Wildman–Crippen LogP) is 4.38. The van der Waals surface area contributed by atoms with E-state index < -0.39 is 6.61 Å². The van der Waals surface area contributed by atoms with Gasteiger partial charge in [-0.3, -0.25) is 9.59 Å². The number of aliphatic hydroxyl groups is 1. The molecule has 1 aliphatic heterocycles. The maximum atomic E-state index is 13.1. The van der Waals surface area contributed by atoms with E-state index in [1.165, 1.54) is 11.3 Å². The molecule has 30 heavy (non-hydrogen) atoms. The molecular weight excluding hydrogens is 422 g/mol. The summed E-state index contributed by atoms with van der Waals surface area (Å²) in [6.45, 7) is 0.0134. The second-order valence-corrected chi connectivity index (χ2v) is 8.54. The topological polar surface area (TPSA) is 66.8 Å². The van der Waals surface area contributed by atoms with Crippen LogP contribution in [-0.4, -0.2) is 37.1 Å². The van der Waals surface area contributed by atoms with E-state index in [0.29, 0.717) is 34.4 Å². The van der Waals surface area contributed by atoms with Gasteiger partial charge < -0.3 is 14.7 Å². The van der Waals surface area contributed by atoms with E-state index in [0.717, 1.165) is 21.6 Å². The zero-order valence-electron chi connectivity index (χ0n) is 16.4. The number of fused-ring (bicyclic) bond motifs is 3. The summed E-state index contributed by atoms with van der Waals surface area (Å²) in [6, 6.07) is 14.8. The van der Waals surface area contributed by atoms with Gasteiger partial charge in [-0.05, 0) is 41.5 Å². The molecule has 0 atom stereocenters. The molecule has 154 valence electrons. The van der Waals surface area contributed by atoms with E-state index in [1.54, 1.807) is 18.0 Å². The van der Waals surface area contributed by atoms with Crippen LogP contribution in [0.25, 0.3) is 10.4 Å². The SMILES string of the molecule is CN(C(=O)c1cc2c(s1)-c1ccc(CC(=O)CO)cc1OCC2)c1ccccc1Cl. The van der Waals surface area contributed by atoms with Gasteiger partial charge in [0.05, 0.1) is 22.2 Å². The first-order valence-electron chi connectivity index (χ1n) is 9.52. The van der Waals surface area contributed by atoms with Crippen LogP contribution in [0.4, 0.5) is 5.69 Å². The lowest BCUT2D eigenvalue weighted by Crippen LogP contribution is -2.25. The first-order chi connectivity index (χ1) is 14.5. The third-order valence-electron chi connectivity index (χ3n) is 5.04. The Morgan fingerprint density at radius 3 is 2.77 bits per heavy atom. The van der Waals surface area contributed by atoms with Crippen LogP contribution in [0.2, 0.25) is 5.02 Å². The monoisotopic (exact) mass is 441 g/mol. The molecule has 5 nitrogen and oxygen atoms in total. The summed E-state index contributed by atoms with van der Waals surface area (Å²) in [5.74, 6) is 0.335. The predicted molar refractivity (Wildman–Crippen MR) is 119 cm³/mol. The van der Waals surface area contributed by atoms with Crippen LogP contribution in [0.3, 0.4) is 0 Å². The van der Waals surface area contributed by atoms with Crippen molar-refractivity contribution in [2.24, 2.45) is 0 Å². The molecule has 0 bridgehead atoms. The van der Waals surface area contributed by atoms with E-state index in [4.69, 9.17) is 21.4 Å². The van der Waals surface area contributed by atoms with Gasteiger partial charge in [-0.15, -0.1) is 11.3 Å². The Morgan fingerprint density at radius 2 is 2.00 bits per heavy atom. The van der Waals surface area contributed by atoms with Crippen LogP contribution >= 0.6 is 22.9 Å². The van der Waals surface area contributed by atoms with E-state index in [-0.39, 0.29) is 18.1 Å². The lowest BCUT2D eigenvalue weighted by atomic mass is 10.0. The van der Waals surface area contributed by atoms with Gasteiger partial charge in [0.25, 0.3) is 5.91 Å². The van der Waals surface area contributed by atoms with E-state index in [1.807, 2.05) is 42.5 Å². The minimum absolute atomic E-state index is 0.117. The minimum atomic E-state index is -0.475. The molecule has 0 saturated heterocycles. The number of aliphatic hydroxyl groups excluding tert-OH is 1. The summed E-state index contributed by atoms with van der Waals surface area (Å²) in [5, 5.41) is 9.51. The van der Waals surface area contributed by atoms with Crippen molar-refractivity contribution in [3.8, 4) is 16.2 Å². The number of para-hydroxylation sites is 1. The fourth-order valence-electron chi connectivity index (χ4n) is 3.48. The van der Waals surface area contributed by atoms with Crippen molar-refractivity contribution in [2.45, 2.75) is 12.8 Å². The number of rotatable bonds is 5. The molecule has 2 aromatic carbocycles. The van der Waals surface area contributed by atoms with Crippen molar-refractivity contribution < 1.29 is 19.4 Å². The van der Waals surface area contributed by atoms with E-state index in [9.17, 15) is 9.59 Å². The van der Waals surface area contributed by atoms with Gasteiger partial charge >= 0.3 is 0 Å². The average molecular weight is 442 g/mol. The first-order valence-corrected chi connectivity index (χ1v) is 10.7. The number of carbonyl (C=O) groups excluding carboxylic acids is 2. The Labute approximate surface area is 183 Å². The van der Waals surface area contributed by atoms with Gasteiger partial charge in [-0.2, -0.15) is 0 Å². The highest BCUT2D eigenvalue weighted by Gasteiger charge is 2.24. The van der Waals surface area contributed by atoms with Gasteiger partial charge in [0.15, 0.2) is 5.78 Å². The lowest BCUT2D eigenvalue weighted by molar-refractivity contribution is -0.121. The third kappa shape index (κ3) is 3.99. The van der Waals surface area contributed by atoms with Crippen LogP contribution in [0.5, 0.6) is 5.75 Å². The summed E-state index contributed by atoms with van der Waals surface area (Å²) < 4.78 is 5.90. The highest BCUT2D eigenvalue weighted by molar-refractivity contribution is 7.17. The molecular formula is C23H20ClNO4S. The van der Waals surface area contributed by atoms with Crippen molar-refractivity contribution in [1.82, 2.24) is 0 Å². The van der Waals surface area contributed by atoms with Gasteiger partial charge in [0.2, 0.25) is 0 Å². The molecule has 0 fully saturated rings. The summed E-state index contributed by atoms with van der Waals surface area (Å²) in [5.41, 5.74) is 3.43.